The summed E-state index contributed by atoms with van der Waals surface area (Å²) in [5, 5.41) is 12.2. The zero-order chi connectivity index (χ0) is 18.0. The Hall–Kier alpha value is -1.89. The molecule has 26 heavy (non-hydrogen) atoms. The zero-order valence-corrected chi connectivity index (χ0v) is 16.3. The van der Waals surface area contributed by atoms with E-state index >= 15 is 0 Å². The third-order valence-electron chi connectivity index (χ3n) is 5.13. The number of anilines is 1. The lowest BCUT2D eigenvalue weighted by atomic mass is 9.88. The van der Waals surface area contributed by atoms with E-state index in [0.717, 1.165) is 16.4 Å². The minimum atomic E-state index is -0.887. The summed E-state index contributed by atoms with van der Waals surface area (Å²) < 4.78 is 7.48. The second kappa shape index (κ2) is 8.20. The van der Waals surface area contributed by atoms with Crippen LogP contribution in [0, 0.1) is 0 Å². The standard InChI is InChI=1S/C19H26N4O2.ClH/c1-4-19(24,10-11-25-5-2)13(3)23-12-21-16-17(23)14-8-6-7-9-15(14)22-18(16)20;/h6-9,12-13,24H,4-5,10-11H2,1-3H3,(H2,20,22);1H/t13-,19?;/m1./s1. The number of nitrogens with zero attached hydrogens (tertiary/aromatic N) is 3. The van der Waals surface area contributed by atoms with E-state index in [4.69, 9.17) is 10.5 Å². The van der Waals surface area contributed by atoms with Gasteiger partial charge in [-0.05, 0) is 26.3 Å². The fraction of sp³-hybridized carbons (Fsp3) is 0.474. The molecule has 7 heteroatoms. The molecule has 142 valence electrons. The summed E-state index contributed by atoms with van der Waals surface area (Å²) in [4.78, 5) is 8.91. The minimum absolute atomic E-state index is 0. The number of hydrogen-bond donors (Lipinski definition) is 2. The van der Waals surface area contributed by atoms with Gasteiger partial charge in [0.1, 0.15) is 5.52 Å². The van der Waals surface area contributed by atoms with Gasteiger partial charge in [0.2, 0.25) is 0 Å². The number of nitrogen functional groups attached to an aromatic ring is 1. The Morgan fingerprint density at radius 1 is 1.31 bits per heavy atom. The van der Waals surface area contributed by atoms with E-state index < -0.39 is 5.60 Å². The van der Waals surface area contributed by atoms with Crippen molar-refractivity contribution < 1.29 is 9.84 Å². The van der Waals surface area contributed by atoms with Crippen LogP contribution in [-0.4, -0.2) is 38.5 Å². The van der Waals surface area contributed by atoms with E-state index in [1.54, 1.807) is 6.33 Å². The van der Waals surface area contributed by atoms with Gasteiger partial charge >= 0.3 is 0 Å². The molecule has 1 unspecified atom stereocenters. The number of pyridine rings is 1. The molecule has 2 aromatic heterocycles. The van der Waals surface area contributed by atoms with Gasteiger partial charge in [-0.2, -0.15) is 0 Å². The van der Waals surface area contributed by atoms with Crippen LogP contribution < -0.4 is 5.73 Å². The molecule has 0 amide bonds. The van der Waals surface area contributed by atoms with Crippen LogP contribution in [0.25, 0.3) is 21.9 Å². The first-order valence-electron chi connectivity index (χ1n) is 8.82. The summed E-state index contributed by atoms with van der Waals surface area (Å²) in [5.41, 5.74) is 7.64. The second-order valence-electron chi connectivity index (χ2n) is 6.44. The Morgan fingerprint density at radius 3 is 2.73 bits per heavy atom. The van der Waals surface area contributed by atoms with E-state index in [1.807, 2.05) is 49.6 Å². The molecule has 0 saturated carbocycles. The zero-order valence-electron chi connectivity index (χ0n) is 15.5. The highest BCUT2D eigenvalue weighted by Crippen LogP contribution is 2.35. The van der Waals surface area contributed by atoms with Crippen molar-refractivity contribution in [1.29, 1.82) is 0 Å². The van der Waals surface area contributed by atoms with Crippen molar-refractivity contribution in [2.45, 2.75) is 45.3 Å². The number of halogens is 1. The van der Waals surface area contributed by atoms with Gasteiger partial charge in [0.25, 0.3) is 0 Å². The molecular weight excluding hydrogens is 352 g/mol. The van der Waals surface area contributed by atoms with Gasteiger partial charge in [0.05, 0.1) is 29.0 Å². The van der Waals surface area contributed by atoms with E-state index in [1.165, 1.54) is 0 Å². The number of hydrogen-bond acceptors (Lipinski definition) is 5. The molecule has 0 aliphatic heterocycles. The molecule has 0 spiro atoms. The molecule has 0 aliphatic carbocycles. The van der Waals surface area contributed by atoms with Gasteiger partial charge in [-0.1, -0.05) is 25.1 Å². The summed E-state index contributed by atoms with van der Waals surface area (Å²) in [6.45, 7) is 7.15. The van der Waals surface area contributed by atoms with Gasteiger partial charge < -0.3 is 20.1 Å². The van der Waals surface area contributed by atoms with Crippen molar-refractivity contribution in [3.63, 3.8) is 0 Å². The Balaban J connectivity index is 0.00000243. The molecule has 2 atom stereocenters. The number of nitrogens with two attached hydrogens (primary N) is 1. The lowest BCUT2D eigenvalue weighted by Crippen LogP contribution is -2.38. The number of benzene rings is 1. The van der Waals surface area contributed by atoms with E-state index in [-0.39, 0.29) is 18.4 Å². The maximum absolute atomic E-state index is 11.2. The SMILES string of the molecule is CCOCCC(O)(CC)[C@@H](C)n1cnc2c(N)nc3ccccc3c21.Cl. The highest BCUT2D eigenvalue weighted by atomic mass is 35.5. The predicted molar refractivity (Wildman–Crippen MR) is 108 cm³/mol. The lowest BCUT2D eigenvalue weighted by molar-refractivity contribution is -0.0368. The number of para-hydroxylation sites is 1. The van der Waals surface area contributed by atoms with Crippen LogP contribution in [0.3, 0.4) is 0 Å². The third kappa shape index (κ3) is 3.49. The number of ether oxygens (including phenoxy) is 1. The van der Waals surface area contributed by atoms with Crippen molar-refractivity contribution in [3.05, 3.63) is 30.6 Å². The molecule has 2 heterocycles. The van der Waals surface area contributed by atoms with Crippen LogP contribution >= 0.6 is 12.4 Å². The van der Waals surface area contributed by atoms with Gasteiger partial charge in [-0.15, -0.1) is 12.4 Å². The summed E-state index contributed by atoms with van der Waals surface area (Å²) in [7, 11) is 0. The number of imidazole rings is 1. The molecule has 1 aromatic carbocycles. The average Bonchev–Trinajstić information content (AvgIpc) is 3.07. The van der Waals surface area contributed by atoms with Crippen LogP contribution in [0.5, 0.6) is 0 Å². The summed E-state index contributed by atoms with van der Waals surface area (Å²) in [5.74, 6) is 0.411. The van der Waals surface area contributed by atoms with Gasteiger partial charge in [0.15, 0.2) is 5.82 Å². The van der Waals surface area contributed by atoms with Gasteiger partial charge in [-0.3, -0.25) is 0 Å². The van der Waals surface area contributed by atoms with Gasteiger partial charge in [0, 0.05) is 25.0 Å². The van der Waals surface area contributed by atoms with Crippen LogP contribution in [-0.2, 0) is 4.74 Å². The van der Waals surface area contributed by atoms with Crippen molar-refractivity contribution in [2.75, 3.05) is 18.9 Å². The van der Waals surface area contributed by atoms with E-state index in [2.05, 4.69) is 9.97 Å². The maximum atomic E-state index is 11.2. The number of aromatic nitrogens is 3. The van der Waals surface area contributed by atoms with Crippen LogP contribution in [0.2, 0.25) is 0 Å². The number of fused-ring (bicyclic) bond motifs is 3. The maximum Gasteiger partial charge on any atom is 0.152 e. The molecule has 0 radical (unpaired) electrons. The van der Waals surface area contributed by atoms with E-state index in [9.17, 15) is 5.11 Å². The molecule has 3 rings (SSSR count). The third-order valence-corrected chi connectivity index (χ3v) is 5.13. The fourth-order valence-corrected chi connectivity index (χ4v) is 3.40. The number of aliphatic hydroxyl groups is 1. The molecule has 0 saturated heterocycles. The van der Waals surface area contributed by atoms with Crippen LogP contribution in [0.1, 0.15) is 39.7 Å². The topological polar surface area (TPSA) is 86.2 Å². The van der Waals surface area contributed by atoms with Crippen molar-refractivity contribution in [3.8, 4) is 0 Å². The average molecular weight is 379 g/mol. The quantitative estimate of drug-likeness (QED) is 0.612. The molecule has 3 aromatic rings. The summed E-state index contributed by atoms with van der Waals surface area (Å²) in [6, 6.07) is 7.69. The summed E-state index contributed by atoms with van der Waals surface area (Å²) in [6.07, 6.45) is 2.94. The smallest absolute Gasteiger partial charge is 0.152 e. The summed E-state index contributed by atoms with van der Waals surface area (Å²) >= 11 is 0. The second-order valence-corrected chi connectivity index (χ2v) is 6.44. The Morgan fingerprint density at radius 2 is 2.04 bits per heavy atom. The van der Waals surface area contributed by atoms with Crippen LogP contribution in [0.4, 0.5) is 5.82 Å². The Bertz CT molecular complexity index is 882. The van der Waals surface area contributed by atoms with Crippen molar-refractivity contribution in [2.24, 2.45) is 0 Å². The van der Waals surface area contributed by atoms with E-state index in [0.29, 0.717) is 37.4 Å². The lowest BCUT2D eigenvalue weighted by Gasteiger charge is -2.34. The van der Waals surface area contributed by atoms with Crippen molar-refractivity contribution >= 4 is 40.2 Å². The molecule has 0 aliphatic rings. The first kappa shape index (κ1) is 20.4. The Labute approximate surface area is 159 Å². The van der Waals surface area contributed by atoms with Crippen molar-refractivity contribution in [1.82, 2.24) is 14.5 Å². The molecule has 0 bridgehead atoms. The largest absolute Gasteiger partial charge is 0.388 e. The van der Waals surface area contributed by atoms with Crippen LogP contribution in [0.15, 0.2) is 30.6 Å². The van der Waals surface area contributed by atoms with Gasteiger partial charge in [-0.25, -0.2) is 9.97 Å². The minimum Gasteiger partial charge on any atom is -0.388 e. The first-order chi connectivity index (χ1) is 12.0. The Kier molecular flexibility index (Phi) is 6.44. The molecule has 0 fully saturated rings. The highest BCUT2D eigenvalue weighted by Gasteiger charge is 2.34. The normalized spacial score (nSPS) is 14.9. The predicted octanol–water partition coefficient (Wildman–Crippen LogP) is 3.72. The molecule has 3 N–H and O–H groups in total. The molecule has 6 nitrogen and oxygen atoms in total. The highest BCUT2D eigenvalue weighted by molar-refractivity contribution is 6.06. The number of rotatable bonds is 7. The fourth-order valence-electron chi connectivity index (χ4n) is 3.40. The molecular formula is C19H27ClN4O2. The first-order valence-corrected chi connectivity index (χ1v) is 8.82. The monoisotopic (exact) mass is 378 g/mol.